The Labute approximate surface area is 219 Å². The zero-order chi connectivity index (χ0) is 25.5. The van der Waals surface area contributed by atoms with Gasteiger partial charge in [-0.25, -0.2) is 0 Å². The van der Waals surface area contributed by atoms with Gasteiger partial charge in [0.25, 0.3) is 5.91 Å². The monoisotopic (exact) mass is 493 g/mol. The van der Waals surface area contributed by atoms with E-state index in [9.17, 15) is 4.79 Å². The third-order valence-corrected chi connectivity index (χ3v) is 6.06. The predicted molar refractivity (Wildman–Crippen MR) is 151 cm³/mol. The highest BCUT2D eigenvalue weighted by atomic mass is 16.7. The molecular weight excluding hydrogens is 446 g/mol. The van der Waals surface area contributed by atoms with Gasteiger partial charge in [0.05, 0.1) is 6.61 Å². The molecule has 0 aromatic heterocycles. The number of nitrogens with one attached hydrogen (secondary N) is 1. The number of hydrogen-bond donors (Lipinski definition) is 1. The van der Waals surface area contributed by atoms with E-state index in [1.807, 2.05) is 24.3 Å². The van der Waals surface area contributed by atoms with E-state index in [0.717, 1.165) is 70.1 Å². The number of allylic oxidation sites excluding steroid dienone is 8. The molecule has 1 aliphatic heterocycles. The highest BCUT2D eigenvalue weighted by molar-refractivity contribution is 5.94. The van der Waals surface area contributed by atoms with Crippen LogP contribution in [0.5, 0.6) is 5.75 Å². The van der Waals surface area contributed by atoms with Crippen LogP contribution >= 0.6 is 0 Å². The van der Waals surface area contributed by atoms with Crippen molar-refractivity contribution >= 4 is 5.91 Å². The van der Waals surface area contributed by atoms with Crippen LogP contribution in [0.4, 0.5) is 0 Å². The number of rotatable bonds is 18. The maximum Gasteiger partial charge on any atom is 0.251 e. The zero-order valence-electron chi connectivity index (χ0n) is 22.3. The molecule has 0 saturated carbocycles. The fraction of sp³-hybridized carbons (Fsp3) is 0.531. The van der Waals surface area contributed by atoms with Crippen molar-refractivity contribution in [2.24, 2.45) is 0 Å². The van der Waals surface area contributed by atoms with Crippen LogP contribution in [0.1, 0.15) is 101 Å². The molecule has 2 rings (SSSR count). The van der Waals surface area contributed by atoms with E-state index in [4.69, 9.17) is 9.47 Å². The van der Waals surface area contributed by atoms with Crippen LogP contribution in [-0.4, -0.2) is 25.3 Å². The Kier molecular flexibility index (Phi) is 16.9. The Bertz CT molecular complexity index is 801. The van der Waals surface area contributed by atoms with Gasteiger partial charge in [-0.2, -0.15) is 0 Å². The first-order valence-electron chi connectivity index (χ1n) is 14.1. The molecule has 1 N–H and O–H groups in total. The van der Waals surface area contributed by atoms with Crippen LogP contribution in [0.3, 0.4) is 0 Å². The molecule has 0 aliphatic carbocycles. The summed E-state index contributed by atoms with van der Waals surface area (Å²) in [5, 5.41) is 3.00. The molecule has 198 valence electrons. The molecule has 0 spiro atoms. The summed E-state index contributed by atoms with van der Waals surface area (Å²) >= 11 is 0. The standard InChI is InChI=1S/C32H47NO3/c1-2-3-4-5-6-7-8-9-10-11-12-13-14-15-16-17-18-20-27-33-32(34)29-23-25-30(26-24-29)36-31-22-19-21-28-35-31/h6-7,9-10,12-13,15-16,23-26,31H,2-5,8,11,14,17-22,27-28H2,1H3,(H,33,34)/b7-6-,10-9-,13-12-,16-15-. The average molecular weight is 494 g/mol. The second kappa shape index (κ2) is 20.6. The molecule has 36 heavy (non-hydrogen) atoms. The normalized spacial score (nSPS) is 16.5. The predicted octanol–water partition coefficient (Wildman–Crippen LogP) is 8.47. The maximum absolute atomic E-state index is 12.3. The van der Waals surface area contributed by atoms with E-state index in [1.54, 1.807) is 0 Å². The van der Waals surface area contributed by atoms with Crippen molar-refractivity contribution in [3.63, 3.8) is 0 Å². The molecule has 4 nitrogen and oxygen atoms in total. The molecule has 1 fully saturated rings. The van der Waals surface area contributed by atoms with E-state index in [2.05, 4.69) is 60.8 Å². The number of hydrogen-bond acceptors (Lipinski definition) is 3. The molecule has 1 aromatic rings. The largest absolute Gasteiger partial charge is 0.465 e. The molecule has 1 aliphatic rings. The van der Waals surface area contributed by atoms with E-state index < -0.39 is 0 Å². The number of ether oxygens (including phenoxy) is 2. The smallest absolute Gasteiger partial charge is 0.251 e. The summed E-state index contributed by atoms with van der Waals surface area (Å²) in [5.74, 6) is 0.714. The van der Waals surface area contributed by atoms with E-state index in [1.165, 1.54) is 25.7 Å². The van der Waals surface area contributed by atoms with Crippen molar-refractivity contribution in [1.29, 1.82) is 0 Å². The fourth-order valence-electron chi connectivity index (χ4n) is 3.89. The number of benzene rings is 1. The molecule has 1 amide bonds. The highest BCUT2D eigenvalue weighted by Crippen LogP contribution is 2.19. The van der Waals surface area contributed by atoms with Gasteiger partial charge in [0.1, 0.15) is 5.75 Å². The Morgan fingerprint density at radius 3 is 2.06 bits per heavy atom. The maximum atomic E-state index is 12.3. The molecule has 1 atom stereocenters. The van der Waals surface area contributed by atoms with Crippen LogP contribution in [0.2, 0.25) is 0 Å². The summed E-state index contributed by atoms with van der Waals surface area (Å²) in [7, 11) is 0. The van der Waals surface area contributed by atoms with Gasteiger partial charge in [-0.05, 0) is 88.5 Å². The van der Waals surface area contributed by atoms with Crippen LogP contribution < -0.4 is 10.1 Å². The summed E-state index contributed by atoms with van der Waals surface area (Å²) in [4.78, 5) is 12.3. The van der Waals surface area contributed by atoms with E-state index in [0.29, 0.717) is 12.1 Å². The summed E-state index contributed by atoms with van der Waals surface area (Å²) in [6.07, 6.45) is 32.2. The molecule has 1 heterocycles. The average Bonchev–Trinajstić information content (AvgIpc) is 2.91. The molecule has 0 radical (unpaired) electrons. The van der Waals surface area contributed by atoms with Crippen molar-refractivity contribution in [2.75, 3.05) is 13.2 Å². The quantitative estimate of drug-likeness (QED) is 0.165. The lowest BCUT2D eigenvalue weighted by Gasteiger charge is -2.23. The first-order chi connectivity index (χ1) is 17.8. The number of carbonyl (C=O) groups is 1. The Hall–Kier alpha value is -2.59. The Morgan fingerprint density at radius 2 is 1.47 bits per heavy atom. The van der Waals surface area contributed by atoms with Gasteiger partial charge in [-0.3, -0.25) is 4.79 Å². The Morgan fingerprint density at radius 1 is 0.861 bits per heavy atom. The van der Waals surface area contributed by atoms with Gasteiger partial charge < -0.3 is 14.8 Å². The van der Waals surface area contributed by atoms with Gasteiger partial charge in [0, 0.05) is 18.5 Å². The van der Waals surface area contributed by atoms with Crippen molar-refractivity contribution in [1.82, 2.24) is 5.32 Å². The van der Waals surface area contributed by atoms with Crippen LogP contribution in [0.25, 0.3) is 0 Å². The Balaban J connectivity index is 1.44. The lowest BCUT2D eigenvalue weighted by molar-refractivity contribution is -0.105. The van der Waals surface area contributed by atoms with Crippen molar-refractivity contribution < 1.29 is 14.3 Å². The van der Waals surface area contributed by atoms with Gasteiger partial charge in [0.2, 0.25) is 0 Å². The first kappa shape index (κ1) is 29.6. The topological polar surface area (TPSA) is 47.6 Å². The fourth-order valence-corrected chi connectivity index (χ4v) is 3.89. The minimum absolute atomic E-state index is 0.0341. The van der Waals surface area contributed by atoms with Crippen LogP contribution in [0.15, 0.2) is 72.9 Å². The van der Waals surface area contributed by atoms with Crippen molar-refractivity contribution in [3.8, 4) is 5.75 Å². The molecule has 1 saturated heterocycles. The zero-order valence-corrected chi connectivity index (χ0v) is 22.3. The van der Waals surface area contributed by atoms with Gasteiger partial charge in [-0.1, -0.05) is 68.4 Å². The van der Waals surface area contributed by atoms with Crippen molar-refractivity contribution in [2.45, 2.75) is 96.7 Å². The first-order valence-corrected chi connectivity index (χ1v) is 14.1. The highest BCUT2D eigenvalue weighted by Gasteiger charge is 2.15. The molecule has 4 heteroatoms. The van der Waals surface area contributed by atoms with Crippen LogP contribution in [0, 0.1) is 0 Å². The van der Waals surface area contributed by atoms with Crippen molar-refractivity contribution in [3.05, 3.63) is 78.4 Å². The van der Waals surface area contributed by atoms with Gasteiger partial charge in [0.15, 0.2) is 6.29 Å². The van der Waals surface area contributed by atoms with Crippen LogP contribution in [-0.2, 0) is 4.74 Å². The molecule has 1 aromatic carbocycles. The number of carbonyl (C=O) groups excluding carboxylic acids is 1. The second-order valence-corrected chi connectivity index (χ2v) is 9.28. The minimum atomic E-state index is -0.164. The lowest BCUT2D eigenvalue weighted by atomic mass is 10.2. The van der Waals surface area contributed by atoms with Gasteiger partial charge in [-0.15, -0.1) is 0 Å². The number of amides is 1. The second-order valence-electron chi connectivity index (χ2n) is 9.28. The summed E-state index contributed by atoms with van der Waals surface area (Å²) in [6, 6.07) is 7.31. The van der Waals surface area contributed by atoms with Gasteiger partial charge >= 0.3 is 0 Å². The van der Waals surface area contributed by atoms with E-state index in [-0.39, 0.29) is 12.2 Å². The molecular formula is C32H47NO3. The summed E-state index contributed by atoms with van der Waals surface area (Å²) < 4.78 is 11.4. The SMILES string of the molecule is CCCCC/C=C\C/C=C\C/C=C\C/C=C\CCCCNC(=O)c1ccc(OC2CCCCO2)cc1. The number of unbranched alkanes of at least 4 members (excludes halogenated alkanes) is 5. The summed E-state index contributed by atoms with van der Waals surface area (Å²) in [6.45, 7) is 3.70. The lowest BCUT2D eigenvalue weighted by Crippen LogP contribution is -2.25. The molecule has 1 unspecified atom stereocenters. The van der Waals surface area contributed by atoms with E-state index >= 15 is 0 Å². The third-order valence-electron chi connectivity index (χ3n) is 6.06. The molecule has 0 bridgehead atoms. The minimum Gasteiger partial charge on any atom is -0.465 e. The summed E-state index contributed by atoms with van der Waals surface area (Å²) in [5.41, 5.74) is 0.660. The third kappa shape index (κ3) is 14.7.